The van der Waals surface area contributed by atoms with E-state index in [0.29, 0.717) is 24.5 Å². The topological polar surface area (TPSA) is 73.1 Å². The molecular formula is C20H20N2O4. The maximum Gasteiger partial charge on any atom is 0.307 e. The molecule has 1 aromatic heterocycles. The summed E-state index contributed by atoms with van der Waals surface area (Å²) in [7, 11) is 0. The van der Waals surface area contributed by atoms with Gasteiger partial charge in [0.05, 0.1) is 19.4 Å². The van der Waals surface area contributed by atoms with Crippen LogP contribution in [0.2, 0.25) is 0 Å². The van der Waals surface area contributed by atoms with E-state index < -0.39 is 5.91 Å². The number of hydrogen-bond donors (Lipinski definition) is 1. The Morgan fingerprint density at radius 2 is 1.92 bits per heavy atom. The molecule has 134 valence electrons. The van der Waals surface area contributed by atoms with Gasteiger partial charge in [-0.3, -0.25) is 4.79 Å². The molecule has 0 bridgehead atoms. The van der Waals surface area contributed by atoms with Gasteiger partial charge in [0.25, 0.3) is 0 Å². The Morgan fingerprint density at radius 1 is 1.12 bits per heavy atom. The molecule has 0 aliphatic rings. The van der Waals surface area contributed by atoms with E-state index in [2.05, 4.69) is 10.5 Å². The molecule has 0 unspecified atom stereocenters. The Kier molecular flexibility index (Phi) is 5.53. The van der Waals surface area contributed by atoms with E-state index in [0.717, 1.165) is 16.7 Å². The molecule has 0 radical (unpaired) electrons. The number of rotatable bonds is 7. The standard InChI is InChI=1S/C20H20N2O4/c1-3-24-16-10-9-15(18(12-16)25-4-2)13-21-22-20(23)19-11-14-7-5-6-8-17(14)26-19/h5-13H,3-4H2,1-2H3,(H,22,23)/b21-13+. The number of fused-ring (bicyclic) bond motifs is 1. The summed E-state index contributed by atoms with van der Waals surface area (Å²) in [6.45, 7) is 4.91. The van der Waals surface area contributed by atoms with Gasteiger partial charge < -0.3 is 13.9 Å². The van der Waals surface area contributed by atoms with Gasteiger partial charge in [0.2, 0.25) is 0 Å². The molecule has 0 saturated heterocycles. The van der Waals surface area contributed by atoms with Crippen molar-refractivity contribution in [3.8, 4) is 11.5 Å². The smallest absolute Gasteiger partial charge is 0.307 e. The van der Waals surface area contributed by atoms with Crippen LogP contribution in [0, 0.1) is 0 Å². The minimum Gasteiger partial charge on any atom is -0.494 e. The van der Waals surface area contributed by atoms with E-state index in [1.807, 2.05) is 50.2 Å². The first kappa shape index (κ1) is 17.5. The van der Waals surface area contributed by atoms with Gasteiger partial charge in [-0.05, 0) is 38.1 Å². The van der Waals surface area contributed by atoms with Crippen LogP contribution >= 0.6 is 0 Å². The summed E-state index contributed by atoms with van der Waals surface area (Å²) in [5.41, 5.74) is 3.86. The van der Waals surface area contributed by atoms with E-state index in [1.165, 1.54) is 6.21 Å². The van der Waals surface area contributed by atoms with Crippen LogP contribution in [0.15, 0.2) is 58.0 Å². The number of nitrogens with zero attached hydrogens (tertiary/aromatic N) is 1. The summed E-state index contributed by atoms with van der Waals surface area (Å²) in [6.07, 6.45) is 1.53. The second-order valence-electron chi connectivity index (χ2n) is 5.41. The predicted molar refractivity (Wildman–Crippen MR) is 100 cm³/mol. The van der Waals surface area contributed by atoms with Crippen LogP contribution in [0.5, 0.6) is 11.5 Å². The highest BCUT2D eigenvalue weighted by Crippen LogP contribution is 2.24. The average Bonchev–Trinajstić information content (AvgIpc) is 3.08. The number of benzene rings is 2. The van der Waals surface area contributed by atoms with Gasteiger partial charge in [0, 0.05) is 17.0 Å². The van der Waals surface area contributed by atoms with Crippen molar-refractivity contribution in [1.82, 2.24) is 5.43 Å². The molecule has 2 aromatic carbocycles. The maximum absolute atomic E-state index is 12.2. The molecule has 0 aliphatic carbocycles. The Balaban J connectivity index is 1.71. The maximum atomic E-state index is 12.2. The summed E-state index contributed by atoms with van der Waals surface area (Å²) in [5, 5.41) is 4.87. The quantitative estimate of drug-likeness (QED) is 0.515. The van der Waals surface area contributed by atoms with Gasteiger partial charge in [-0.2, -0.15) is 5.10 Å². The summed E-state index contributed by atoms with van der Waals surface area (Å²) >= 11 is 0. The van der Waals surface area contributed by atoms with Gasteiger partial charge in [-0.1, -0.05) is 18.2 Å². The van der Waals surface area contributed by atoms with Gasteiger partial charge in [0.1, 0.15) is 17.1 Å². The van der Waals surface area contributed by atoms with Crippen LogP contribution < -0.4 is 14.9 Å². The van der Waals surface area contributed by atoms with Crippen molar-refractivity contribution in [2.75, 3.05) is 13.2 Å². The van der Waals surface area contributed by atoms with Crippen LogP contribution in [0.25, 0.3) is 11.0 Å². The van der Waals surface area contributed by atoms with Crippen LogP contribution in [0.1, 0.15) is 30.0 Å². The zero-order chi connectivity index (χ0) is 18.4. The normalized spacial score (nSPS) is 11.0. The number of hydrogen-bond acceptors (Lipinski definition) is 5. The first-order chi connectivity index (χ1) is 12.7. The first-order valence-corrected chi connectivity index (χ1v) is 8.43. The van der Waals surface area contributed by atoms with E-state index in [-0.39, 0.29) is 5.76 Å². The van der Waals surface area contributed by atoms with Crippen molar-refractivity contribution in [1.29, 1.82) is 0 Å². The molecular weight excluding hydrogens is 332 g/mol. The zero-order valence-corrected chi connectivity index (χ0v) is 14.7. The molecule has 0 fully saturated rings. The lowest BCUT2D eigenvalue weighted by molar-refractivity contribution is 0.0929. The Hall–Kier alpha value is -3.28. The number of para-hydroxylation sites is 1. The molecule has 26 heavy (non-hydrogen) atoms. The molecule has 1 N–H and O–H groups in total. The van der Waals surface area contributed by atoms with Crippen molar-refractivity contribution in [2.24, 2.45) is 5.10 Å². The second-order valence-corrected chi connectivity index (χ2v) is 5.41. The zero-order valence-electron chi connectivity index (χ0n) is 14.7. The van der Waals surface area contributed by atoms with Crippen molar-refractivity contribution in [2.45, 2.75) is 13.8 Å². The van der Waals surface area contributed by atoms with Gasteiger partial charge in [0.15, 0.2) is 5.76 Å². The monoisotopic (exact) mass is 352 g/mol. The third-order valence-electron chi connectivity index (χ3n) is 3.61. The van der Waals surface area contributed by atoms with Crippen molar-refractivity contribution in [3.05, 3.63) is 59.9 Å². The number of ether oxygens (including phenoxy) is 2. The molecule has 0 atom stereocenters. The molecule has 6 heteroatoms. The molecule has 3 aromatic rings. The average molecular weight is 352 g/mol. The molecule has 0 aliphatic heterocycles. The lowest BCUT2D eigenvalue weighted by Gasteiger charge is -2.09. The van der Waals surface area contributed by atoms with E-state index >= 15 is 0 Å². The van der Waals surface area contributed by atoms with Crippen molar-refractivity contribution >= 4 is 23.1 Å². The summed E-state index contributed by atoms with van der Waals surface area (Å²) < 4.78 is 16.6. The van der Waals surface area contributed by atoms with Crippen molar-refractivity contribution in [3.63, 3.8) is 0 Å². The summed E-state index contributed by atoms with van der Waals surface area (Å²) in [6, 6.07) is 14.6. The van der Waals surface area contributed by atoms with Gasteiger partial charge in [-0.15, -0.1) is 0 Å². The van der Waals surface area contributed by atoms with Crippen molar-refractivity contribution < 1.29 is 18.7 Å². The minimum absolute atomic E-state index is 0.208. The fourth-order valence-corrected chi connectivity index (χ4v) is 2.47. The number of amides is 1. The number of carbonyl (C=O) groups excluding carboxylic acids is 1. The second kappa shape index (κ2) is 8.20. The molecule has 0 saturated carbocycles. The van der Waals surface area contributed by atoms with E-state index in [4.69, 9.17) is 13.9 Å². The highest BCUT2D eigenvalue weighted by atomic mass is 16.5. The number of carbonyl (C=O) groups is 1. The summed E-state index contributed by atoms with van der Waals surface area (Å²) in [5.74, 6) is 1.15. The summed E-state index contributed by atoms with van der Waals surface area (Å²) in [4.78, 5) is 12.2. The lowest BCUT2D eigenvalue weighted by atomic mass is 10.2. The Labute approximate surface area is 151 Å². The SMILES string of the molecule is CCOc1ccc(/C=N/NC(=O)c2cc3ccccc3o2)c(OCC)c1. The first-order valence-electron chi connectivity index (χ1n) is 8.43. The largest absolute Gasteiger partial charge is 0.494 e. The van der Waals surface area contributed by atoms with Crippen LogP contribution in [-0.2, 0) is 0 Å². The Morgan fingerprint density at radius 3 is 2.69 bits per heavy atom. The fraction of sp³-hybridized carbons (Fsp3) is 0.200. The van der Waals surface area contributed by atoms with E-state index in [9.17, 15) is 4.79 Å². The minimum atomic E-state index is -0.415. The van der Waals surface area contributed by atoms with Crippen LogP contribution in [0.4, 0.5) is 0 Å². The molecule has 6 nitrogen and oxygen atoms in total. The number of hydrazone groups is 1. The number of nitrogens with one attached hydrogen (secondary N) is 1. The molecule has 1 heterocycles. The van der Waals surface area contributed by atoms with E-state index in [1.54, 1.807) is 12.1 Å². The highest BCUT2D eigenvalue weighted by Gasteiger charge is 2.11. The third kappa shape index (κ3) is 4.03. The molecule has 1 amide bonds. The predicted octanol–water partition coefficient (Wildman–Crippen LogP) is 3.99. The molecule has 0 spiro atoms. The van der Waals surface area contributed by atoms with Gasteiger partial charge in [-0.25, -0.2) is 5.43 Å². The third-order valence-corrected chi connectivity index (χ3v) is 3.61. The van der Waals surface area contributed by atoms with Crippen LogP contribution in [0.3, 0.4) is 0 Å². The van der Waals surface area contributed by atoms with Gasteiger partial charge >= 0.3 is 5.91 Å². The van der Waals surface area contributed by atoms with Crippen LogP contribution in [-0.4, -0.2) is 25.3 Å². The fourth-order valence-electron chi connectivity index (χ4n) is 2.47. The number of furan rings is 1. The highest BCUT2D eigenvalue weighted by molar-refractivity contribution is 5.96. The lowest BCUT2D eigenvalue weighted by Crippen LogP contribution is -2.16. The molecule has 3 rings (SSSR count). The Bertz CT molecular complexity index is 897.